The van der Waals surface area contributed by atoms with Crippen LogP contribution in [0.3, 0.4) is 0 Å². The maximum atomic E-state index is 9.69. The van der Waals surface area contributed by atoms with Gasteiger partial charge in [-0.15, -0.1) is 0 Å². The molecule has 0 aliphatic carbocycles. The minimum atomic E-state index is -0.119. The number of piperidine rings is 1. The van der Waals surface area contributed by atoms with Crippen molar-refractivity contribution in [1.29, 1.82) is 0 Å². The van der Waals surface area contributed by atoms with Gasteiger partial charge in [-0.3, -0.25) is 4.90 Å². The first-order valence-electron chi connectivity index (χ1n) is 9.07. The van der Waals surface area contributed by atoms with Gasteiger partial charge >= 0.3 is 0 Å². The number of H-pyrrole nitrogens is 1. The van der Waals surface area contributed by atoms with Crippen molar-refractivity contribution in [3.05, 3.63) is 65.9 Å². The summed E-state index contributed by atoms with van der Waals surface area (Å²) in [6, 6.07) is 17.1. The number of benzene rings is 2. The Morgan fingerprint density at radius 3 is 2.68 bits per heavy atom. The molecule has 25 heavy (non-hydrogen) atoms. The number of likely N-dealkylation sites (tertiary alicyclic amines) is 1. The summed E-state index contributed by atoms with van der Waals surface area (Å²) in [5, 5.41) is 14.6. The minimum Gasteiger partial charge on any atom is -0.393 e. The van der Waals surface area contributed by atoms with E-state index in [1.54, 1.807) is 0 Å². The molecule has 3 N–H and O–H groups in total. The maximum absolute atomic E-state index is 9.69. The Morgan fingerprint density at radius 2 is 1.80 bits per heavy atom. The van der Waals surface area contributed by atoms with Crippen molar-refractivity contribution in [1.82, 2.24) is 9.88 Å². The van der Waals surface area contributed by atoms with Crippen molar-refractivity contribution >= 4 is 16.6 Å². The van der Waals surface area contributed by atoms with Gasteiger partial charge in [-0.25, -0.2) is 0 Å². The van der Waals surface area contributed by atoms with Crippen LogP contribution in [0, 0.1) is 0 Å². The Labute approximate surface area is 148 Å². The third kappa shape index (κ3) is 3.70. The van der Waals surface area contributed by atoms with E-state index in [0.29, 0.717) is 0 Å². The zero-order valence-electron chi connectivity index (χ0n) is 14.4. The highest BCUT2D eigenvalue weighted by Crippen LogP contribution is 2.23. The highest BCUT2D eigenvalue weighted by Gasteiger charge is 2.17. The molecule has 0 bridgehead atoms. The number of rotatable bonds is 5. The Kier molecular flexibility index (Phi) is 4.72. The predicted octanol–water partition coefficient (Wildman–Crippen LogP) is 3.74. The molecule has 4 heteroatoms. The van der Waals surface area contributed by atoms with E-state index in [-0.39, 0.29) is 6.10 Å². The maximum Gasteiger partial charge on any atom is 0.0564 e. The fourth-order valence-electron chi connectivity index (χ4n) is 3.64. The van der Waals surface area contributed by atoms with Crippen LogP contribution in [-0.2, 0) is 13.1 Å². The number of aromatic amines is 1. The molecule has 1 aromatic heterocycles. The summed E-state index contributed by atoms with van der Waals surface area (Å²) >= 11 is 0. The third-order valence-corrected chi connectivity index (χ3v) is 5.12. The molecule has 2 aromatic carbocycles. The van der Waals surface area contributed by atoms with Crippen LogP contribution in [0.4, 0.5) is 5.69 Å². The van der Waals surface area contributed by atoms with E-state index in [1.807, 2.05) is 6.20 Å². The molecule has 1 aliphatic heterocycles. The molecule has 4 rings (SSSR count). The predicted molar refractivity (Wildman–Crippen MR) is 103 cm³/mol. The van der Waals surface area contributed by atoms with Gasteiger partial charge in [0.1, 0.15) is 0 Å². The lowest BCUT2D eigenvalue weighted by atomic mass is 10.1. The van der Waals surface area contributed by atoms with E-state index in [1.165, 1.54) is 27.7 Å². The first kappa shape index (κ1) is 16.2. The molecule has 0 radical (unpaired) electrons. The van der Waals surface area contributed by atoms with E-state index in [4.69, 9.17) is 0 Å². The number of anilines is 1. The summed E-state index contributed by atoms with van der Waals surface area (Å²) in [5.74, 6) is 0. The van der Waals surface area contributed by atoms with E-state index >= 15 is 0 Å². The van der Waals surface area contributed by atoms with Gasteiger partial charge in [0.25, 0.3) is 0 Å². The van der Waals surface area contributed by atoms with Gasteiger partial charge in [-0.1, -0.05) is 30.3 Å². The van der Waals surface area contributed by atoms with Gasteiger partial charge in [-0.05, 0) is 42.2 Å². The lowest BCUT2D eigenvalue weighted by molar-refractivity contribution is 0.0793. The van der Waals surface area contributed by atoms with Crippen LogP contribution >= 0.6 is 0 Å². The lowest BCUT2D eigenvalue weighted by Gasteiger charge is -2.30. The van der Waals surface area contributed by atoms with Crippen molar-refractivity contribution in [2.75, 3.05) is 18.4 Å². The molecule has 0 spiro atoms. The Bertz CT molecular complexity index is 834. The summed E-state index contributed by atoms with van der Waals surface area (Å²) in [4.78, 5) is 5.70. The molecule has 1 aliphatic rings. The zero-order chi connectivity index (χ0) is 17.1. The lowest BCUT2D eigenvalue weighted by Crippen LogP contribution is -2.35. The fraction of sp³-hybridized carbons (Fsp3) is 0.333. The summed E-state index contributed by atoms with van der Waals surface area (Å²) in [6.07, 6.45) is 3.63. The molecule has 1 saturated heterocycles. The van der Waals surface area contributed by atoms with E-state index in [9.17, 15) is 5.11 Å². The standard InChI is InChI=1S/C21H25N3O/c25-18-9-12-24(13-10-18)15-17-4-1-2-6-20(17)23-14-16-5-3-7-21-19(16)8-11-22-21/h1-8,11,18,22-23,25H,9-10,12-15H2. The van der Waals surface area contributed by atoms with Crippen LogP contribution in [-0.4, -0.2) is 34.2 Å². The molecule has 1 fully saturated rings. The topological polar surface area (TPSA) is 51.3 Å². The highest BCUT2D eigenvalue weighted by molar-refractivity contribution is 5.83. The quantitative estimate of drug-likeness (QED) is 0.666. The second-order valence-corrected chi connectivity index (χ2v) is 6.87. The Hall–Kier alpha value is -2.30. The first-order chi connectivity index (χ1) is 12.3. The number of hydrogen-bond acceptors (Lipinski definition) is 3. The van der Waals surface area contributed by atoms with Gasteiger partial charge in [-0.2, -0.15) is 0 Å². The summed E-state index contributed by atoms with van der Waals surface area (Å²) < 4.78 is 0. The zero-order valence-corrected chi connectivity index (χ0v) is 14.4. The second kappa shape index (κ2) is 7.30. The van der Waals surface area contributed by atoms with Gasteiger partial charge < -0.3 is 15.4 Å². The molecule has 0 atom stereocenters. The normalized spacial score (nSPS) is 16.4. The smallest absolute Gasteiger partial charge is 0.0564 e. The Balaban J connectivity index is 1.46. The van der Waals surface area contributed by atoms with Crippen LogP contribution in [0.2, 0.25) is 0 Å². The number of aliphatic hydroxyl groups is 1. The Morgan fingerprint density at radius 1 is 1.00 bits per heavy atom. The van der Waals surface area contributed by atoms with Crippen molar-refractivity contribution in [2.45, 2.75) is 32.0 Å². The van der Waals surface area contributed by atoms with E-state index < -0.39 is 0 Å². The van der Waals surface area contributed by atoms with Gasteiger partial charge in [0, 0.05) is 49.0 Å². The number of hydrogen-bond donors (Lipinski definition) is 3. The molecule has 130 valence electrons. The van der Waals surface area contributed by atoms with Crippen LogP contribution in [0.25, 0.3) is 10.9 Å². The summed E-state index contributed by atoms with van der Waals surface area (Å²) in [7, 11) is 0. The minimum absolute atomic E-state index is 0.119. The third-order valence-electron chi connectivity index (χ3n) is 5.12. The molecule has 0 amide bonds. The molecular weight excluding hydrogens is 310 g/mol. The number of nitrogens with zero attached hydrogens (tertiary/aromatic N) is 1. The fourth-order valence-corrected chi connectivity index (χ4v) is 3.64. The largest absolute Gasteiger partial charge is 0.393 e. The van der Waals surface area contributed by atoms with Crippen molar-refractivity contribution in [2.24, 2.45) is 0 Å². The summed E-state index contributed by atoms with van der Waals surface area (Å²) in [6.45, 7) is 3.69. The molecular formula is C21H25N3O. The van der Waals surface area contributed by atoms with Crippen LogP contribution in [0.5, 0.6) is 0 Å². The number of aliphatic hydroxyl groups excluding tert-OH is 1. The molecule has 0 saturated carbocycles. The average Bonchev–Trinajstić information content (AvgIpc) is 3.12. The van der Waals surface area contributed by atoms with Crippen LogP contribution < -0.4 is 5.32 Å². The van der Waals surface area contributed by atoms with E-state index in [2.05, 4.69) is 63.7 Å². The van der Waals surface area contributed by atoms with Crippen LogP contribution in [0.15, 0.2) is 54.7 Å². The van der Waals surface area contributed by atoms with Gasteiger partial charge in [0.2, 0.25) is 0 Å². The molecule has 2 heterocycles. The highest BCUT2D eigenvalue weighted by atomic mass is 16.3. The number of para-hydroxylation sites is 1. The van der Waals surface area contributed by atoms with Crippen LogP contribution in [0.1, 0.15) is 24.0 Å². The molecule has 0 unspecified atom stereocenters. The van der Waals surface area contributed by atoms with Crippen molar-refractivity contribution < 1.29 is 5.11 Å². The van der Waals surface area contributed by atoms with E-state index in [0.717, 1.165) is 39.0 Å². The van der Waals surface area contributed by atoms with Crippen molar-refractivity contribution in [3.63, 3.8) is 0 Å². The van der Waals surface area contributed by atoms with Gasteiger partial charge in [0.05, 0.1) is 6.10 Å². The molecule has 4 nitrogen and oxygen atoms in total. The first-order valence-corrected chi connectivity index (χ1v) is 9.07. The SMILES string of the molecule is OC1CCN(Cc2ccccc2NCc2cccc3[nH]ccc23)CC1. The second-order valence-electron chi connectivity index (χ2n) is 6.87. The number of fused-ring (bicyclic) bond motifs is 1. The number of aromatic nitrogens is 1. The average molecular weight is 335 g/mol. The number of nitrogens with one attached hydrogen (secondary N) is 2. The van der Waals surface area contributed by atoms with Gasteiger partial charge in [0.15, 0.2) is 0 Å². The molecule has 3 aromatic rings. The van der Waals surface area contributed by atoms with Crippen molar-refractivity contribution in [3.8, 4) is 0 Å². The monoisotopic (exact) mass is 335 g/mol. The summed E-state index contributed by atoms with van der Waals surface area (Å²) in [5.41, 5.74) is 5.00.